The number of halogens is 1. The molecule has 1 unspecified atom stereocenters. The van der Waals surface area contributed by atoms with E-state index in [0.717, 1.165) is 5.56 Å². The molecule has 0 aliphatic carbocycles. The molecule has 0 fully saturated rings. The summed E-state index contributed by atoms with van der Waals surface area (Å²) >= 11 is 0. The van der Waals surface area contributed by atoms with Crippen LogP contribution in [0.15, 0.2) is 67.0 Å². The van der Waals surface area contributed by atoms with Gasteiger partial charge in [0.25, 0.3) is 5.91 Å². The zero-order chi connectivity index (χ0) is 22.3. The maximum atomic E-state index is 13.2. The highest BCUT2D eigenvalue weighted by molar-refractivity contribution is 6.05. The molecule has 2 rings (SSSR count). The first-order valence-corrected chi connectivity index (χ1v) is 9.37. The molecule has 0 heterocycles. The van der Waals surface area contributed by atoms with Crippen LogP contribution in [0.25, 0.3) is 0 Å². The van der Waals surface area contributed by atoms with Crippen LogP contribution in [0.4, 0.5) is 15.8 Å². The van der Waals surface area contributed by atoms with E-state index in [-0.39, 0.29) is 17.0 Å². The van der Waals surface area contributed by atoms with E-state index in [1.54, 1.807) is 30.3 Å². The van der Waals surface area contributed by atoms with Crippen molar-refractivity contribution in [1.29, 1.82) is 0 Å². The molecule has 0 aromatic heterocycles. The number of carboxylic acid groups (broad SMARTS) is 1. The smallest absolute Gasteiger partial charge is 0.335 e. The van der Waals surface area contributed by atoms with E-state index in [2.05, 4.69) is 17.3 Å². The fourth-order valence-electron chi connectivity index (χ4n) is 2.99. The van der Waals surface area contributed by atoms with Gasteiger partial charge in [-0.2, -0.15) is 0 Å². The second kappa shape index (κ2) is 9.84. The van der Waals surface area contributed by atoms with Gasteiger partial charge >= 0.3 is 5.97 Å². The first-order valence-electron chi connectivity index (χ1n) is 9.37. The lowest BCUT2D eigenvalue weighted by Gasteiger charge is -2.26. The molecule has 0 radical (unpaired) electrons. The SMILES string of the molecule is C=CC(C)(C/C=C(\C)F)Cc1cc(NC(=O)c2cccc(C(=O)O)c2)ccc1NN. The Morgan fingerprint density at radius 2 is 1.93 bits per heavy atom. The third-order valence-electron chi connectivity index (χ3n) is 4.83. The van der Waals surface area contributed by atoms with Crippen LogP contribution in [0.2, 0.25) is 0 Å². The fourth-order valence-corrected chi connectivity index (χ4v) is 2.99. The average molecular weight is 411 g/mol. The number of anilines is 2. The van der Waals surface area contributed by atoms with Gasteiger partial charge in [-0.05, 0) is 67.1 Å². The number of rotatable bonds is 9. The van der Waals surface area contributed by atoms with Gasteiger partial charge in [-0.25, -0.2) is 9.18 Å². The molecule has 0 bridgehead atoms. The lowest BCUT2D eigenvalue weighted by Crippen LogP contribution is -2.19. The number of hydrogen-bond acceptors (Lipinski definition) is 4. The number of benzene rings is 2. The van der Waals surface area contributed by atoms with Crippen molar-refractivity contribution in [3.05, 3.63) is 83.7 Å². The zero-order valence-corrected chi connectivity index (χ0v) is 17.0. The summed E-state index contributed by atoms with van der Waals surface area (Å²) in [6.07, 6.45) is 4.26. The first kappa shape index (κ1) is 22.8. The van der Waals surface area contributed by atoms with E-state index < -0.39 is 17.3 Å². The summed E-state index contributed by atoms with van der Waals surface area (Å²) in [5.41, 5.74) is 4.51. The second-order valence-corrected chi connectivity index (χ2v) is 7.39. The van der Waals surface area contributed by atoms with Gasteiger partial charge in [0.2, 0.25) is 0 Å². The van der Waals surface area contributed by atoms with Crippen molar-refractivity contribution in [1.82, 2.24) is 0 Å². The van der Waals surface area contributed by atoms with Crippen LogP contribution >= 0.6 is 0 Å². The van der Waals surface area contributed by atoms with Crippen molar-refractivity contribution in [3.8, 4) is 0 Å². The third-order valence-corrected chi connectivity index (χ3v) is 4.83. The van der Waals surface area contributed by atoms with Gasteiger partial charge < -0.3 is 15.8 Å². The van der Waals surface area contributed by atoms with E-state index in [9.17, 15) is 14.0 Å². The van der Waals surface area contributed by atoms with Gasteiger partial charge in [0.05, 0.1) is 17.1 Å². The Balaban J connectivity index is 2.28. The fraction of sp³-hybridized carbons (Fsp3) is 0.217. The van der Waals surface area contributed by atoms with Gasteiger partial charge in [-0.3, -0.25) is 10.6 Å². The third kappa shape index (κ3) is 6.02. The molecule has 1 atom stereocenters. The van der Waals surface area contributed by atoms with Crippen LogP contribution in [0.5, 0.6) is 0 Å². The van der Waals surface area contributed by atoms with Crippen LogP contribution in [0.3, 0.4) is 0 Å². The summed E-state index contributed by atoms with van der Waals surface area (Å²) in [5, 5.41) is 11.9. The van der Waals surface area contributed by atoms with Gasteiger partial charge in [0.1, 0.15) is 0 Å². The molecule has 0 saturated carbocycles. The number of aromatic carboxylic acids is 1. The van der Waals surface area contributed by atoms with E-state index in [1.165, 1.54) is 31.2 Å². The second-order valence-electron chi connectivity index (χ2n) is 7.39. The van der Waals surface area contributed by atoms with Crippen LogP contribution in [-0.4, -0.2) is 17.0 Å². The number of nitrogens with one attached hydrogen (secondary N) is 2. The van der Waals surface area contributed by atoms with E-state index in [1.807, 2.05) is 6.92 Å². The molecule has 7 heteroatoms. The van der Waals surface area contributed by atoms with E-state index in [4.69, 9.17) is 10.9 Å². The number of nitrogens with two attached hydrogens (primary N) is 1. The topological polar surface area (TPSA) is 104 Å². The van der Waals surface area contributed by atoms with Gasteiger partial charge in [-0.1, -0.05) is 25.1 Å². The Hall–Kier alpha value is -3.45. The number of carbonyl (C=O) groups excluding carboxylic acids is 1. The summed E-state index contributed by atoms with van der Waals surface area (Å²) in [6, 6.07) is 11.0. The van der Waals surface area contributed by atoms with Gasteiger partial charge in [0.15, 0.2) is 0 Å². The Labute approximate surface area is 175 Å². The monoisotopic (exact) mass is 411 g/mol. The average Bonchev–Trinajstić information content (AvgIpc) is 2.72. The molecule has 6 nitrogen and oxygen atoms in total. The minimum absolute atomic E-state index is 0.0315. The highest BCUT2D eigenvalue weighted by Gasteiger charge is 2.22. The van der Waals surface area contributed by atoms with Crippen molar-refractivity contribution in [2.24, 2.45) is 11.3 Å². The van der Waals surface area contributed by atoms with Crippen molar-refractivity contribution in [2.75, 3.05) is 10.7 Å². The van der Waals surface area contributed by atoms with Crippen molar-refractivity contribution in [2.45, 2.75) is 26.7 Å². The number of hydrogen-bond donors (Lipinski definition) is 4. The molecule has 0 saturated heterocycles. The summed E-state index contributed by atoms with van der Waals surface area (Å²) in [5.74, 6) is 3.83. The highest BCUT2D eigenvalue weighted by Crippen LogP contribution is 2.33. The number of carbonyl (C=O) groups is 2. The quantitative estimate of drug-likeness (QED) is 0.266. The number of amides is 1. The maximum Gasteiger partial charge on any atom is 0.335 e. The molecule has 5 N–H and O–H groups in total. The standard InChI is InChI=1S/C23H26FN3O3/c1-4-23(3,11-10-15(2)24)14-18-13-19(8-9-20(18)27-25)26-21(28)16-6-5-7-17(12-16)22(29)30/h4-10,12-13,27H,1,11,14,25H2,2-3H3,(H,26,28)(H,29,30)/b15-10+. The van der Waals surface area contributed by atoms with Crippen molar-refractivity contribution < 1.29 is 19.1 Å². The number of hydrazine groups is 1. The van der Waals surface area contributed by atoms with Crippen LogP contribution in [0, 0.1) is 5.41 Å². The van der Waals surface area contributed by atoms with E-state index >= 15 is 0 Å². The first-order chi connectivity index (χ1) is 14.2. The number of nitrogen functional groups attached to an aromatic ring is 1. The Morgan fingerprint density at radius 1 is 1.23 bits per heavy atom. The predicted molar refractivity (Wildman–Crippen MR) is 117 cm³/mol. The molecule has 2 aromatic rings. The molecular weight excluding hydrogens is 385 g/mol. The zero-order valence-electron chi connectivity index (χ0n) is 17.0. The molecule has 1 amide bonds. The minimum atomic E-state index is -1.11. The summed E-state index contributed by atoms with van der Waals surface area (Å²) in [4.78, 5) is 23.7. The number of allylic oxidation sites excluding steroid dienone is 3. The van der Waals surface area contributed by atoms with Crippen LogP contribution in [-0.2, 0) is 6.42 Å². The summed E-state index contributed by atoms with van der Waals surface area (Å²) in [7, 11) is 0. The summed E-state index contributed by atoms with van der Waals surface area (Å²) < 4.78 is 13.2. The highest BCUT2D eigenvalue weighted by atomic mass is 19.1. The lowest BCUT2D eigenvalue weighted by atomic mass is 9.80. The molecule has 0 aliphatic heterocycles. The molecule has 158 valence electrons. The molecule has 30 heavy (non-hydrogen) atoms. The predicted octanol–water partition coefficient (Wildman–Crippen LogP) is 4.92. The van der Waals surface area contributed by atoms with Crippen LogP contribution < -0.4 is 16.6 Å². The van der Waals surface area contributed by atoms with Crippen molar-refractivity contribution >= 4 is 23.3 Å². The molecule has 0 spiro atoms. The molecule has 0 aliphatic rings. The maximum absolute atomic E-state index is 13.2. The van der Waals surface area contributed by atoms with Gasteiger partial charge in [-0.15, -0.1) is 6.58 Å². The Morgan fingerprint density at radius 3 is 2.53 bits per heavy atom. The molecule has 2 aromatic carbocycles. The number of carboxylic acids is 1. The Bertz CT molecular complexity index is 983. The van der Waals surface area contributed by atoms with Crippen molar-refractivity contribution in [3.63, 3.8) is 0 Å². The van der Waals surface area contributed by atoms with E-state index in [0.29, 0.717) is 24.2 Å². The molecular formula is C23H26FN3O3. The minimum Gasteiger partial charge on any atom is -0.478 e. The largest absolute Gasteiger partial charge is 0.478 e. The lowest BCUT2D eigenvalue weighted by molar-refractivity contribution is 0.0697. The summed E-state index contributed by atoms with van der Waals surface area (Å²) in [6.45, 7) is 7.23. The van der Waals surface area contributed by atoms with Crippen LogP contribution in [0.1, 0.15) is 46.5 Å². The normalized spacial score (nSPS) is 13.3. The Kier molecular flexibility index (Phi) is 7.49. The van der Waals surface area contributed by atoms with Gasteiger partial charge in [0, 0.05) is 11.3 Å².